The summed E-state index contributed by atoms with van der Waals surface area (Å²) in [5.41, 5.74) is -0.334. The Bertz CT molecular complexity index is 601. The van der Waals surface area contributed by atoms with Gasteiger partial charge in [0.05, 0.1) is 24.0 Å². The first kappa shape index (κ1) is 18.1. The van der Waals surface area contributed by atoms with E-state index in [2.05, 4.69) is 5.32 Å². The van der Waals surface area contributed by atoms with Gasteiger partial charge in [-0.1, -0.05) is 6.07 Å². The lowest BCUT2D eigenvalue weighted by molar-refractivity contribution is -0.137. The van der Waals surface area contributed by atoms with Crippen molar-refractivity contribution in [2.75, 3.05) is 19.8 Å². The van der Waals surface area contributed by atoms with E-state index in [1.807, 2.05) is 0 Å². The van der Waals surface area contributed by atoms with Crippen LogP contribution in [0.25, 0.3) is 0 Å². The van der Waals surface area contributed by atoms with Gasteiger partial charge >= 0.3 is 6.18 Å². The highest BCUT2D eigenvalue weighted by molar-refractivity contribution is 5.93. The van der Waals surface area contributed by atoms with Gasteiger partial charge in [0.2, 0.25) is 5.91 Å². The molecule has 1 aromatic rings. The van der Waals surface area contributed by atoms with Crippen molar-refractivity contribution in [1.82, 2.24) is 5.32 Å². The Labute approximate surface area is 137 Å². The number of rotatable bonds is 6. The van der Waals surface area contributed by atoms with Crippen LogP contribution in [0.3, 0.4) is 0 Å². The number of carbonyl (C=O) groups is 1. The summed E-state index contributed by atoms with van der Waals surface area (Å²) in [5.74, 6) is -0.341. The lowest BCUT2D eigenvalue weighted by Crippen LogP contribution is -2.36. The van der Waals surface area contributed by atoms with E-state index >= 15 is 0 Å². The van der Waals surface area contributed by atoms with Crippen molar-refractivity contribution in [1.29, 1.82) is 0 Å². The Hall–Kier alpha value is -2.22. The summed E-state index contributed by atoms with van der Waals surface area (Å²) in [6.45, 7) is 0.260. The highest BCUT2D eigenvalue weighted by atomic mass is 19.4. The standard InChI is InChI=1S/C16H18F3NO4/c17-16(18,19)12-4-1-5-14(7-12)24-10-13(21)8-20-15(22)11-3-2-6-23-9-11/h1,4-5,7,9,13,21H,2-3,6,8,10H2,(H,20,22)/t13-/m1/s1. The van der Waals surface area contributed by atoms with Gasteiger partial charge in [0.25, 0.3) is 0 Å². The van der Waals surface area contributed by atoms with E-state index < -0.39 is 17.8 Å². The molecule has 0 unspecified atom stereocenters. The molecule has 1 atom stereocenters. The van der Waals surface area contributed by atoms with E-state index in [-0.39, 0.29) is 24.8 Å². The minimum Gasteiger partial charge on any atom is -0.501 e. The normalized spacial score (nSPS) is 15.9. The Morgan fingerprint density at radius 1 is 1.42 bits per heavy atom. The van der Waals surface area contributed by atoms with Crippen molar-refractivity contribution in [2.45, 2.75) is 25.1 Å². The molecule has 132 valence electrons. The molecule has 0 saturated carbocycles. The monoisotopic (exact) mass is 345 g/mol. The van der Waals surface area contributed by atoms with Gasteiger partial charge in [0, 0.05) is 6.54 Å². The zero-order chi connectivity index (χ0) is 17.6. The summed E-state index contributed by atoms with van der Waals surface area (Å²) in [6.07, 6.45) is -2.76. The Morgan fingerprint density at radius 3 is 2.88 bits per heavy atom. The number of aliphatic hydroxyl groups is 1. The molecule has 0 aliphatic carbocycles. The molecule has 24 heavy (non-hydrogen) atoms. The van der Waals surface area contributed by atoms with Gasteiger partial charge in [-0.3, -0.25) is 4.79 Å². The summed E-state index contributed by atoms with van der Waals surface area (Å²) in [5, 5.41) is 12.3. The van der Waals surface area contributed by atoms with Crippen LogP contribution < -0.4 is 10.1 Å². The smallest absolute Gasteiger partial charge is 0.416 e. The van der Waals surface area contributed by atoms with Crippen molar-refractivity contribution in [3.05, 3.63) is 41.7 Å². The number of carbonyl (C=O) groups excluding carboxylic acids is 1. The van der Waals surface area contributed by atoms with E-state index in [4.69, 9.17) is 9.47 Å². The van der Waals surface area contributed by atoms with Crippen LogP contribution in [0.15, 0.2) is 36.1 Å². The molecule has 1 heterocycles. The number of hydrogen-bond donors (Lipinski definition) is 2. The van der Waals surface area contributed by atoms with E-state index in [0.29, 0.717) is 18.6 Å². The molecule has 1 aliphatic rings. The second kappa shape index (κ2) is 8.05. The van der Waals surface area contributed by atoms with Gasteiger partial charge in [-0.15, -0.1) is 0 Å². The first-order valence-electron chi connectivity index (χ1n) is 7.43. The Kier molecular flexibility index (Phi) is 6.08. The van der Waals surface area contributed by atoms with Crippen LogP contribution in [0.5, 0.6) is 5.75 Å². The van der Waals surface area contributed by atoms with Crippen LogP contribution in [-0.2, 0) is 15.7 Å². The molecule has 0 saturated heterocycles. The summed E-state index contributed by atoms with van der Waals surface area (Å²) < 4.78 is 47.9. The Balaban J connectivity index is 1.78. The van der Waals surface area contributed by atoms with Gasteiger partial charge in [-0.25, -0.2) is 0 Å². The number of amides is 1. The molecule has 8 heteroatoms. The van der Waals surface area contributed by atoms with Gasteiger partial charge < -0.3 is 19.9 Å². The number of hydrogen-bond acceptors (Lipinski definition) is 4. The summed E-state index contributed by atoms with van der Waals surface area (Å²) in [6, 6.07) is 4.38. The maximum absolute atomic E-state index is 12.6. The van der Waals surface area contributed by atoms with Crippen LogP contribution in [0.1, 0.15) is 18.4 Å². The van der Waals surface area contributed by atoms with Crippen molar-refractivity contribution in [2.24, 2.45) is 0 Å². The molecule has 1 aromatic carbocycles. The van der Waals surface area contributed by atoms with Gasteiger partial charge in [-0.2, -0.15) is 13.2 Å². The van der Waals surface area contributed by atoms with Gasteiger partial charge in [-0.05, 0) is 31.0 Å². The summed E-state index contributed by atoms with van der Waals surface area (Å²) >= 11 is 0. The number of halogens is 3. The topological polar surface area (TPSA) is 67.8 Å². The first-order chi connectivity index (χ1) is 11.4. The van der Waals surface area contributed by atoms with Gasteiger partial charge in [0.1, 0.15) is 18.5 Å². The molecule has 1 aliphatic heterocycles. The third kappa shape index (κ3) is 5.45. The number of alkyl halides is 3. The number of aliphatic hydroxyl groups excluding tert-OH is 1. The average Bonchev–Trinajstić information content (AvgIpc) is 2.58. The third-order valence-electron chi connectivity index (χ3n) is 3.33. The highest BCUT2D eigenvalue weighted by Gasteiger charge is 2.30. The number of ether oxygens (including phenoxy) is 2. The van der Waals surface area contributed by atoms with E-state index in [0.717, 1.165) is 18.6 Å². The molecule has 2 N–H and O–H groups in total. The van der Waals surface area contributed by atoms with Gasteiger partial charge in [0.15, 0.2) is 0 Å². The van der Waals surface area contributed by atoms with Crippen LogP contribution in [-0.4, -0.2) is 36.9 Å². The lowest BCUT2D eigenvalue weighted by Gasteiger charge is -2.16. The molecule has 0 spiro atoms. The minimum absolute atomic E-state index is 0.00131. The lowest BCUT2D eigenvalue weighted by atomic mass is 10.1. The minimum atomic E-state index is -4.46. The number of benzene rings is 1. The highest BCUT2D eigenvalue weighted by Crippen LogP contribution is 2.31. The molecule has 5 nitrogen and oxygen atoms in total. The molecular weight excluding hydrogens is 327 g/mol. The van der Waals surface area contributed by atoms with E-state index in [1.54, 1.807) is 0 Å². The predicted molar refractivity (Wildman–Crippen MR) is 79.2 cm³/mol. The molecule has 0 aromatic heterocycles. The second-order valence-electron chi connectivity index (χ2n) is 5.32. The fourth-order valence-electron chi connectivity index (χ4n) is 2.07. The fraction of sp³-hybridized carbons (Fsp3) is 0.438. The van der Waals surface area contributed by atoms with Crippen molar-refractivity contribution < 1.29 is 32.5 Å². The second-order valence-corrected chi connectivity index (χ2v) is 5.32. The zero-order valence-corrected chi connectivity index (χ0v) is 12.8. The SMILES string of the molecule is O=C(NC[C@@H](O)COc1cccc(C(F)(F)F)c1)C1=COCCC1. The van der Waals surface area contributed by atoms with Crippen molar-refractivity contribution in [3.63, 3.8) is 0 Å². The van der Waals surface area contributed by atoms with Crippen LogP contribution >= 0.6 is 0 Å². The van der Waals surface area contributed by atoms with Crippen LogP contribution in [0.4, 0.5) is 13.2 Å². The molecule has 0 fully saturated rings. The maximum Gasteiger partial charge on any atom is 0.416 e. The van der Waals surface area contributed by atoms with Crippen LogP contribution in [0, 0.1) is 0 Å². The van der Waals surface area contributed by atoms with Crippen molar-refractivity contribution in [3.8, 4) is 5.75 Å². The maximum atomic E-state index is 12.6. The van der Waals surface area contributed by atoms with E-state index in [1.165, 1.54) is 18.4 Å². The largest absolute Gasteiger partial charge is 0.501 e. The van der Waals surface area contributed by atoms with E-state index in [9.17, 15) is 23.1 Å². The molecular formula is C16H18F3NO4. The molecule has 2 rings (SSSR count). The quantitative estimate of drug-likeness (QED) is 0.830. The third-order valence-corrected chi connectivity index (χ3v) is 3.33. The average molecular weight is 345 g/mol. The molecule has 1 amide bonds. The first-order valence-corrected chi connectivity index (χ1v) is 7.43. The Morgan fingerprint density at radius 2 is 2.21 bits per heavy atom. The number of nitrogens with one attached hydrogen (secondary N) is 1. The van der Waals surface area contributed by atoms with Crippen LogP contribution in [0.2, 0.25) is 0 Å². The molecule has 0 radical (unpaired) electrons. The predicted octanol–water partition coefficient (Wildman–Crippen LogP) is 2.26. The summed E-state index contributed by atoms with van der Waals surface area (Å²) in [4.78, 5) is 11.8. The zero-order valence-electron chi connectivity index (χ0n) is 12.8. The summed E-state index contributed by atoms with van der Waals surface area (Å²) in [7, 11) is 0. The van der Waals surface area contributed by atoms with Crippen molar-refractivity contribution >= 4 is 5.91 Å². The molecule has 0 bridgehead atoms. The fourth-order valence-corrected chi connectivity index (χ4v) is 2.07.